The van der Waals surface area contributed by atoms with Crippen molar-refractivity contribution in [3.8, 4) is 0 Å². The molecule has 0 radical (unpaired) electrons. The molecule has 21 heavy (non-hydrogen) atoms. The van der Waals surface area contributed by atoms with Crippen LogP contribution in [0.1, 0.15) is 10.4 Å². The van der Waals surface area contributed by atoms with Crippen LogP contribution in [0.4, 0.5) is 0 Å². The maximum atomic E-state index is 11.9. The Kier molecular flexibility index (Phi) is 8.87. The van der Waals surface area contributed by atoms with E-state index in [1.165, 1.54) is 24.3 Å². The number of nitrogens with one attached hydrogen (secondary N) is 3. The number of hydrogen-bond donors (Lipinski definition) is 3. The third-order valence-corrected chi connectivity index (χ3v) is 3.91. The molecule has 1 aromatic rings. The van der Waals surface area contributed by atoms with Gasteiger partial charge in [0.15, 0.2) is 0 Å². The quantitative estimate of drug-likeness (QED) is 0.478. The van der Waals surface area contributed by atoms with E-state index in [0.29, 0.717) is 18.7 Å². The summed E-state index contributed by atoms with van der Waals surface area (Å²) in [7, 11) is -1.83. The average molecular weight is 334 g/mol. The normalized spacial score (nSPS) is 10.5. The van der Waals surface area contributed by atoms with Crippen LogP contribution in [0.25, 0.3) is 0 Å². The Morgan fingerprint density at radius 1 is 1.33 bits per heavy atom. The van der Waals surface area contributed by atoms with Crippen LogP contribution in [-0.2, 0) is 10.0 Å². The molecular weight excluding hydrogens is 314 g/mol. The largest absolute Gasteiger partial charge is 0.351 e. The van der Waals surface area contributed by atoms with Gasteiger partial charge in [0, 0.05) is 25.2 Å². The van der Waals surface area contributed by atoms with Crippen LogP contribution in [0.2, 0.25) is 0 Å². The van der Waals surface area contributed by atoms with Crippen LogP contribution in [0.15, 0.2) is 41.8 Å². The van der Waals surface area contributed by atoms with Crippen molar-refractivity contribution in [1.82, 2.24) is 15.4 Å². The van der Waals surface area contributed by atoms with Crippen molar-refractivity contribution < 1.29 is 13.2 Å². The first-order valence-electron chi connectivity index (χ1n) is 6.14. The molecule has 0 heterocycles. The fourth-order valence-electron chi connectivity index (χ4n) is 1.46. The molecule has 1 aromatic carbocycles. The van der Waals surface area contributed by atoms with Gasteiger partial charge in [-0.25, -0.2) is 13.1 Å². The fraction of sp³-hybridized carbons (Fsp3) is 0.308. The summed E-state index contributed by atoms with van der Waals surface area (Å²) in [5.41, 5.74) is 0.308. The molecule has 0 aromatic heterocycles. The second-order valence-electron chi connectivity index (χ2n) is 4.03. The zero-order valence-electron chi connectivity index (χ0n) is 11.8. The smallest absolute Gasteiger partial charge is 0.251 e. The van der Waals surface area contributed by atoms with Crippen LogP contribution in [0.3, 0.4) is 0 Å². The summed E-state index contributed by atoms with van der Waals surface area (Å²) in [6.45, 7) is 4.70. The summed E-state index contributed by atoms with van der Waals surface area (Å²) in [6.07, 6.45) is 1.45. The molecule has 0 bridgehead atoms. The topological polar surface area (TPSA) is 87.3 Å². The molecule has 0 spiro atoms. The van der Waals surface area contributed by atoms with Gasteiger partial charge in [0.1, 0.15) is 0 Å². The van der Waals surface area contributed by atoms with Gasteiger partial charge >= 0.3 is 0 Å². The first-order chi connectivity index (χ1) is 9.51. The highest BCUT2D eigenvalue weighted by atomic mass is 35.5. The van der Waals surface area contributed by atoms with Gasteiger partial charge in [-0.2, -0.15) is 0 Å². The van der Waals surface area contributed by atoms with Crippen LogP contribution in [-0.4, -0.2) is 41.0 Å². The lowest BCUT2D eigenvalue weighted by molar-refractivity contribution is 0.0954. The SMILES string of the molecule is C=CCNS(=O)(=O)c1cccc(C(=O)NCCNC)c1.Cl. The lowest BCUT2D eigenvalue weighted by atomic mass is 10.2. The van der Waals surface area contributed by atoms with E-state index in [2.05, 4.69) is 21.9 Å². The van der Waals surface area contributed by atoms with Crippen LogP contribution >= 0.6 is 12.4 Å². The molecule has 6 nitrogen and oxygen atoms in total. The molecule has 0 saturated carbocycles. The van der Waals surface area contributed by atoms with Gasteiger partial charge in [-0.05, 0) is 25.2 Å². The summed E-state index contributed by atoms with van der Waals surface area (Å²) in [4.78, 5) is 11.9. The summed E-state index contributed by atoms with van der Waals surface area (Å²) < 4.78 is 26.2. The second kappa shape index (κ2) is 9.51. The van der Waals surface area contributed by atoms with E-state index in [0.717, 1.165) is 0 Å². The number of sulfonamides is 1. The van der Waals surface area contributed by atoms with Gasteiger partial charge in [-0.3, -0.25) is 4.79 Å². The van der Waals surface area contributed by atoms with Gasteiger partial charge in [0.2, 0.25) is 10.0 Å². The highest BCUT2D eigenvalue weighted by Gasteiger charge is 2.15. The standard InChI is InChI=1S/C13H19N3O3S.ClH/c1-3-7-16-20(18,19)12-6-4-5-11(10-12)13(17)15-9-8-14-2;/h3-6,10,14,16H,1,7-9H2,2H3,(H,15,17);1H. The molecule has 118 valence electrons. The minimum atomic E-state index is -3.62. The van der Waals surface area contributed by atoms with Crippen molar-refractivity contribution in [2.24, 2.45) is 0 Å². The molecule has 1 rings (SSSR count). The summed E-state index contributed by atoms with van der Waals surface area (Å²) in [5.74, 6) is -0.305. The molecular formula is C13H20ClN3O3S. The van der Waals surface area contributed by atoms with E-state index in [1.54, 1.807) is 13.1 Å². The molecule has 3 N–H and O–H groups in total. The van der Waals surface area contributed by atoms with E-state index in [-0.39, 0.29) is 29.8 Å². The second-order valence-corrected chi connectivity index (χ2v) is 5.79. The number of benzene rings is 1. The van der Waals surface area contributed by atoms with Gasteiger partial charge < -0.3 is 10.6 Å². The zero-order valence-corrected chi connectivity index (χ0v) is 13.4. The van der Waals surface area contributed by atoms with Gasteiger partial charge in [-0.15, -0.1) is 19.0 Å². The molecule has 1 amide bonds. The number of amides is 1. The number of rotatable bonds is 8. The van der Waals surface area contributed by atoms with Gasteiger partial charge in [0.25, 0.3) is 5.91 Å². The van der Waals surface area contributed by atoms with Crippen molar-refractivity contribution in [2.75, 3.05) is 26.7 Å². The van der Waals surface area contributed by atoms with E-state index in [1.807, 2.05) is 0 Å². The minimum absolute atomic E-state index is 0. The van der Waals surface area contributed by atoms with Gasteiger partial charge in [0.05, 0.1) is 4.90 Å². The summed E-state index contributed by atoms with van der Waals surface area (Å²) in [5, 5.41) is 5.59. The number of carbonyl (C=O) groups is 1. The highest BCUT2D eigenvalue weighted by molar-refractivity contribution is 7.89. The Morgan fingerprint density at radius 2 is 2.05 bits per heavy atom. The third kappa shape index (κ3) is 6.26. The number of carbonyl (C=O) groups excluding carboxylic acids is 1. The molecule has 0 aliphatic heterocycles. The van der Waals surface area contributed by atoms with E-state index in [9.17, 15) is 13.2 Å². The lowest BCUT2D eigenvalue weighted by Gasteiger charge is -2.08. The van der Waals surface area contributed by atoms with E-state index >= 15 is 0 Å². The maximum absolute atomic E-state index is 11.9. The molecule has 0 aliphatic carbocycles. The molecule has 0 saturated heterocycles. The van der Waals surface area contributed by atoms with Crippen molar-refractivity contribution in [1.29, 1.82) is 0 Å². The Morgan fingerprint density at radius 3 is 2.67 bits per heavy atom. The zero-order chi connectivity index (χ0) is 15.0. The number of hydrogen-bond acceptors (Lipinski definition) is 4. The van der Waals surface area contributed by atoms with Crippen LogP contribution < -0.4 is 15.4 Å². The van der Waals surface area contributed by atoms with E-state index < -0.39 is 10.0 Å². The molecule has 8 heteroatoms. The first kappa shape index (κ1) is 19.6. The molecule has 0 fully saturated rings. The first-order valence-corrected chi connectivity index (χ1v) is 7.63. The number of likely N-dealkylation sites (N-methyl/N-ethyl adjacent to an activating group) is 1. The highest BCUT2D eigenvalue weighted by Crippen LogP contribution is 2.11. The lowest BCUT2D eigenvalue weighted by Crippen LogP contribution is -2.30. The Balaban J connectivity index is 0.00000400. The van der Waals surface area contributed by atoms with Gasteiger partial charge in [-0.1, -0.05) is 12.1 Å². The molecule has 0 aliphatic rings. The van der Waals surface area contributed by atoms with Crippen molar-refractivity contribution in [3.05, 3.63) is 42.5 Å². The van der Waals surface area contributed by atoms with E-state index in [4.69, 9.17) is 0 Å². The third-order valence-electron chi connectivity index (χ3n) is 2.48. The maximum Gasteiger partial charge on any atom is 0.251 e. The van der Waals surface area contributed by atoms with Crippen LogP contribution in [0, 0.1) is 0 Å². The van der Waals surface area contributed by atoms with Crippen LogP contribution in [0.5, 0.6) is 0 Å². The van der Waals surface area contributed by atoms with Crippen molar-refractivity contribution in [2.45, 2.75) is 4.90 Å². The number of halogens is 1. The van der Waals surface area contributed by atoms with Crippen molar-refractivity contribution >= 4 is 28.3 Å². The Hall–Kier alpha value is -1.41. The Labute approximate surface area is 131 Å². The fourth-order valence-corrected chi connectivity index (χ4v) is 2.50. The monoisotopic (exact) mass is 333 g/mol. The summed E-state index contributed by atoms with van der Waals surface area (Å²) in [6, 6.07) is 5.90. The summed E-state index contributed by atoms with van der Waals surface area (Å²) >= 11 is 0. The minimum Gasteiger partial charge on any atom is -0.351 e. The molecule has 0 unspecified atom stereocenters. The Bertz CT molecular complexity index is 576. The predicted molar refractivity (Wildman–Crippen MR) is 85.3 cm³/mol. The molecule has 0 atom stereocenters. The average Bonchev–Trinajstić information content (AvgIpc) is 2.45. The predicted octanol–water partition coefficient (Wildman–Crippen LogP) is 0.522. The van der Waals surface area contributed by atoms with Crippen molar-refractivity contribution in [3.63, 3.8) is 0 Å².